The average molecular weight is 563 g/mol. The van der Waals surface area contributed by atoms with Crippen LogP contribution in [-0.2, 0) is 16.0 Å². The molecule has 3 amide bonds. The second-order valence-electron chi connectivity index (χ2n) is 10.7. The summed E-state index contributed by atoms with van der Waals surface area (Å²) < 4.78 is 30.7. The van der Waals surface area contributed by atoms with E-state index in [1.54, 1.807) is 41.4 Å². The predicted molar refractivity (Wildman–Crippen MR) is 149 cm³/mol. The Bertz CT molecular complexity index is 1470. The number of nitrogens with zero attached hydrogens (tertiary/aromatic N) is 4. The first-order valence-electron chi connectivity index (χ1n) is 13.5. The van der Waals surface area contributed by atoms with Crippen molar-refractivity contribution in [2.45, 2.75) is 44.7 Å². The average Bonchev–Trinajstić information content (AvgIpc) is 3.53. The molecule has 3 aliphatic rings. The van der Waals surface area contributed by atoms with E-state index in [4.69, 9.17) is 14.2 Å². The molecule has 41 heavy (non-hydrogen) atoms. The number of urea groups is 1. The first kappa shape index (κ1) is 26.9. The highest BCUT2D eigenvalue weighted by Gasteiger charge is 2.40. The molecule has 1 aromatic carbocycles. The van der Waals surface area contributed by atoms with Crippen LogP contribution in [0.3, 0.4) is 0 Å². The van der Waals surface area contributed by atoms with Gasteiger partial charge in [-0.15, -0.1) is 0 Å². The van der Waals surface area contributed by atoms with Crippen molar-refractivity contribution in [2.24, 2.45) is 0 Å². The Kier molecular flexibility index (Phi) is 7.18. The lowest BCUT2D eigenvalue weighted by Crippen LogP contribution is -2.48. The zero-order chi connectivity index (χ0) is 28.6. The maximum Gasteiger partial charge on any atom is 0.329 e. The third-order valence-electron chi connectivity index (χ3n) is 7.22. The number of pyridine rings is 2. The molecule has 5 heterocycles. The number of carbonyl (C=O) groups is 2. The van der Waals surface area contributed by atoms with Crippen molar-refractivity contribution in [3.63, 3.8) is 0 Å². The van der Waals surface area contributed by atoms with Crippen LogP contribution in [0.4, 0.5) is 26.5 Å². The first-order valence-corrected chi connectivity index (χ1v) is 13.5. The van der Waals surface area contributed by atoms with Gasteiger partial charge in [0.1, 0.15) is 35.8 Å². The highest BCUT2D eigenvalue weighted by atomic mass is 19.1. The van der Waals surface area contributed by atoms with Crippen LogP contribution in [-0.4, -0.2) is 66.1 Å². The summed E-state index contributed by atoms with van der Waals surface area (Å²) in [7, 11) is 0. The Hall–Kier alpha value is -4.29. The van der Waals surface area contributed by atoms with Crippen molar-refractivity contribution in [3.05, 3.63) is 71.8 Å². The van der Waals surface area contributed by atoms with Gasteiger partial charge in [0, 0.05) is 31.9 Å². The van der Waals surface area contributed by atoms with E-state index in [1.807, 2.05) is 19.9 Å². The van der Waals surface area contributed by atoms with Crippen LogP contribution < -0.4 is 25.2 Å². The lowest BCUT2D eigenvalue weighted by molar-refractivity contribution is -0.141. The minimum absolute atomic E-state index is 0.108. The molecule has 2 saturated heterocycles. The molecule has 2 aromatic heterocycles. The minimum Gasteiger partial charge on any atom is -0.491 e. The van der Waals surface area contributed by atoms with Gasteiger partial charge in [0.2, 0.25) is 0 Å². The van der Waals surface area contributed by atoms with Gasteiger partial charge in [-0.3, -0.25) is 15.0 Å². The van der Waals surface area contributed by atoms with E-state index in [-0.39, 0.29) is 30.2 Å². The molecular weight excluding hydrogens is 531 g/mol. The number of fused-ring (bicyclic) bond motifs is 4. The zero-order valence-corrected chi connectivity index (χ0v) is 22.8. The lowest BCUT2D eigenvalue weighted by Gasteiger charge is -2.35. The third-order valence-corrected chi connectivity index (χ3v) is 7.22. The molecule has 11 nitrogen and oxygen atoms in total. The first-order chi connectivity index (χ1) is 19.7. The van der Waals surface area contributed by atoms with E-state index in [9.17, 15) is 14.0 Å². The van der Waals surface area contributed by atoms with E-state index in [2.05, 4.69) is 25.5 Å². The quantitative estimate of drug-likeness (QED) is 0.448. The normalized spacial score (nSPS) is 20.5. The molecule has 1 unspecified atom stereocenters. The van der Waals surface area contributed by atoms with Crippen molar-refractivity contribution in [2.75, 3.05) is 41.4 Å². The molecule has 3 aromatic rings. The molecule has 0 aliphatic carbocycles. The molecule has 6 rings (SSSR count). The fourth-order valence-corrected chi connectivity index (χ4v) is 5.29. The smallest absolute Gasteiger partial charge is 0.329 e. The second kappa shape index (κ2) is 10.9. The number of ether oxygens (including phenoxy) is 3. The summed E-state index contributed by atoms with van der Waals surface area (Å²) in [5.74, 6) is -0.169. The van der Waals surface area contributed by atoms with E-state index >= 15 is 0 Å². The van der Waals surface area contributed by atoms with E-state index in [0.717, 1.165) is 18.7 Å². The number of nitrogens with one attached hydrogen (secondary N) is 2. The summed E-state index contributed by atoms with van der Waals surface area (Å²) in [6, 6.07) is 12.3. The summed E-state index contributed by atoms with van der Waals surface area (Å²) in [4.78, 5) is 39.2. The van der Waals surface area contributed by atoms with E-state index in [0.29, 0.717) is 42.7 Å². The number of anilines is 3. The van der Waals surface area contributed by atoms with Crippen LogP contribution in [0.2, 0.25) is 0 Å². The van der Waals surface area contributed by atoms with Crippen LogP contribution in [0.5, 0.6) is 5.75 Å². The summed E-state index contributed by atoms with van der Waals surface area (Å²) in [5.41, 5.74) is 1.57. The number of rotatable bonds is 7. The molecule has 12 heteroatoms. The summed E-state index contributed by atoms with van der Waals surface area (Å²) in [5, 5.41) is 5.64. The molecule has 0 radical (unpaired) electrons. The number of halogens is 1. The van der Waals surface area contributed by atoms with Crippen LogP contribution in [0, 0.1) is 5.82 Å². The van der Waals surface area contributed by atoms with Crippen molar-refractivity contribution in [3.8, 4) is 5.75 Å². The molecule has 3 aliphatic heterocycles. The van der Waals surface area contributed by atoms with Gasteiger partial charge in [-0.2, -0.15) is 0 Å². The largest absolute Gasteiger partial charge is 0.491 e. The Labute approximate surface area is 236 Å². The third kappa shape index (κ3) is 5.93. The van der Waals surface area contributed by atoms with Gasteiger partial charge in [0.25, 0.3) is 5.91 Å². The maximum absolute atomic E-state index is 13.6. The van der Waals surface area contributed by atoms with Crippen molar-refractivity contribution in [1.82, 2.24) is 15.3 Å². The standard InChI is InChI=1S/C29H31FN6O5/c1-29(2)40-17-22(41-29)16-39-21-8-10-31-25(13-21)34-28(38)36-20-9-11-35(15-20)24-7-6-23(33-26(24)36)27(37)32-14-18-4-3-5-19(30)12-18/h3-8,10,12-13,20,22H,9,11,14-17H2,1-2H3,(H,32,37)(H,31,34,38)/t20?,22-/m0/s1. The molecule has 2 atom stereocenters. The molecule has 0 spiro atoms. The fraction of sp³-hybridized carbons (Fsp3) is 0.379. The van der Waals surface area contributed by atoms with Crippen LogP contribution in [0.1, 0.15) is 36.3 Å². The molecule has 2 bridgehead atoms. The second-order valence-corrected chi connectivity index (χ2v) is 10.7. The summed E-state index contributed by atoms with van der Waals surface area (Å²) in [6.45, 7) is 6.04. The highest BCUT2D eigenvalue weighted by Crippen LogP contribution is 2.39. The fourth-order valence-electron chi connectivity index (χ4n) is 5.29. The van der Waals surface area contributed by atoms with E-state index < -0.39 is 17.7 Å². The lowest BCUT2D eigenvalue weighted by atomic mass is 10.1. The van der Waals surface area contributed by atoms with Gasteiger partial charge in [-0.25, -0.2) is 19.2 Å². The SMILES string of the molecule is CC1(C)OC[C@H](COc2ccnc(NC(=O)N3c4nc(C(=O)NCc5cccc(F)c5)ccc4N4CCC3C4)c2)O1. The Morgan fingerprint density at radius 1 is 1.20 bits per heavy atom. The van der Waals surface area contributed by atoms with Crippen molar-refractivity contribution < 1.29 is 28.2 Å². The number of amides is 3. The summed E-state index contributed by atoms with van der Waals surface area (Å²) in [6.07, 6.45) is 2.13. The zero-order valence-electron chi connectivity index (χ0n) is 22.8. The number of aromatic nitrogens is 2. The number of hydrogen-bond acceptors (Lipinski definition) is 8. The number of hydrogen-bond donors (Lipinski definition) is 2. The van der Waals surface area contributed by atoms with Crippen molar-refractivity contribution in [1.29, 1.82) is 0 Å². The molecule has 2 N–H and O–H groups in total. The van der Waals surface area contributed by atoms with Crippen LogP contribution >= 0.6 is 0 Å². The van der Waals surface area contributed by atoms with Gasteiger partial charge in [-0.05, 0) is 56.2 Å². The molecular formula is C29H31FN6O5. The number of benzene rings is 1. The topological polar surface area (TPSA) is 118 Å². The summed E-state index contributed by atoms with van der Waals surface area (Å²) >= 11 is 0. The van der Waals surface area contributed by atoms with Gasteiger partial charge >= 0.3 is 6.03 Å². The Morgan fingerprint density at radius 3 is 2.88 bits per heavy atom. The Morgan fingerprint density at radius 2 is 2.07 bits per heavy atom. The minimum atomic E-state index is -0.637. The van der Waals surface area contributed by atoms with Crippen LogP contribution in [0.25, 0.3) is 0 Å². The molecule has 2 fully saturated rings. The van der Waals surface area contributed by atoms with Crippen LogP contribution in [0.15, 0.2) is 54.7 Å². The maximum atomic E-state index is 13.6. The van der Waals surface area contributed by atoms with Gasteiger partial charge in [-0.1, -0.05) is 12.1 Å². The number of carbonyl (C=O) groups excluding carboxylic acids is 2. The van der Waals surface area contributed by atoms with Gasteiger partial charge in [0.05, 0.1) is 18.3 Å². The van der Waals surface area contributed by atoms with E-state index in [1.165, 1.54) is 12.1 Å². The predicted octanol–water partition coefficient (Wildman–Crippen LogP) is 3.71. The molecule has 0 saturated carbocycles. The van der Waals surface area contributed by atoms with Crippen molar-refractivity contribution >= 4 is 29.3 Å². The highest BCUT2D eigenvalue weighted by molar-refractivity contribution is 6.05. The Balaban J connectivity index is 1.15. The monoisotopic (exact) mass is 562 g/mol. The van der Waals surface area contributed by atoms with Gasteiger partial charge < -0.3 is 24.4 Å². The van der Waals surface area contributed by atoms with Gasteiger partial charge in [0.15, 0.2) is 11.6 Å². The molecule has 214 valence electrons.